The van der Waals surface area contributed by atoms with E-state index < -0.39 is 0 Å². The average molecular weight is 233 g/mol. The first-order valence-electron chi connectivity index (χ1n) is 5.68. The zero-order valence-corrected chi connectivity index (χ0v) is 9.30. The minimum absolute atomic E-state index is 0. The summed E-state index contributed by atoms with van der Waals surface area (Å²) >= 11 is 0. The molecule has 0 radical (unpaired) electrons. The largest absolute Gasteiger partial charge is 0.382 e. The van der Waals surface area contributed by atoms with E-state index in [0.29, 0.717) is 11.9 Å². The van der Waals surface area contributed by atoms with Crippen molar-refractivity contribution in [2.75, 3.05) is 5.73 Å². The lowest BCUT2D eigenvalue weighted by Crippen LogP contribution is -2.05. The van der Waals surface area contributed by atoms with Gasteiger partial charge in [-0.15, -0.1) is 0 Å². The molecule has 1 saturated carbocycles. The van der Waals surface area contributed by atoms with Gasteiger partial charge in [-0.25, -0.2) is 15.0 Å². The van der Waals surface area contributed by atoms with Crippen molar-refractivity contribution in [3.63, 3.8) is 0 Å². The number of anilines is 1. The summed E-state index contributed by atoms with van der Waals surface area (Å²) in [5.74, 6) is 1.26. The van der Waals surface area contributed by atoms with Gasteiger partial charge in [0.25, 0.3) is 0 Å². The van der Waals surface area contributed by atoms with Crippen molar-refractivity contribution in [1.29, 1.82) is 0 Å². The van der Waals surface area contributed by atoms with E-state index in [1.807, 2.05) is 6.33 Å². The summed E-state index contributed by atoms with van der Waals surface area (Å²) in [4.78, 5) is 12.5. The highest BCUT2D eigenvalue weighted by atomic mass is 15.1. The van der Waals surface area contributed by atoms with E-state index in [0.717, 1.165) is 17.1 Å². The van der Waals surface area contributed by atoms with Crippen molar-refractivity contribution in [1.82, 2.24) is 19.5 Å². The van der Waals surface area contributed by atoms with Gasteiger partial charge in [-0.3, -0.25) is 0 Å². The SMILES string of the molecule is C.CC1CCC(n2cnc3c(N)ncnc32)C1. The molecule has 5 nitrogen and oxygen atoms in total. The van der Waals surface area contributed by atoms with E-state index in [4.69, 9.17) is 5.73 Å². The second kappa shape index (κ2) is 4.31. The first-order chi connectivity index (χ1) is 7.75. The third-order valence-corrected chi connectivity index (χ3v) is 3.45. The third kappa shape index (κ3) is 1.85. The van der Waals surface area contributed by atoms with Crippen LogP contribution in [-0.2, 0) is 0 Å². The number of rotatable bonds is 1. The maximum Gasteiger partial charge on any atom is 0.165 e. The quantitative estimate of drug-likeness (QED) is 0.821. The normalized spacial score (nSPS) is 23.8. The molecule has 1 aliphatic rings. The second-order valence-electron chi connectivity index (χ2n) is 4.66. The fraction of sp³-hybridized carbons (Fsp3) is 0.583. The summed E-state index contributed by atoms with van der Waals surface area (Å²) in [6.45, 7) is 2.29. The Morgan fingerprint density at radius 2 is 2.12 bits per heavy atom. The number of hydrogen-bond donors (Lipinski definition) is 1. The highest BCUT2D eigenvalue weighted by molar-refractivity contribution is 5.81. The van der Waals surface area contributed by atoms with Gasteiger partial charge in [0.15, 0.2) is 11.5 Å². The molecule has 0 saturated heterocycles. The van der Waals surface area contributed by atoms with E-state index in [1.54, 1.807) is 0 Å². The van der Waals surface area contributed by atoms with Gasteiger partial charge in [-0.2, -0.15) is 0 Å². The molecule has 0 amide bonds. The van der Waals surface area contributed by atoms with E-state index in [1.165, 1.54) is 25.6 Å². The monoisotopic (exact) mass is 233 g/mol. The van der Waals surface area contributed by atoms with Crippen molar-refractivity contribution < 1.29 is 0 Å². The molecule has 1 aliphatic carbocycles. The number of aromatic nitrogens is 4. The predicted octanol–water partition coefficient (Wildman–Crippen LogP) is 2.41. The minimum atomic E-state index is 0. The molecule has 0 bridgehead atoms. The molecule has 2 atom stereocenters. The van der Waals surface area contributed by atoms with Gasteiger partial charge in [0.1, 0.15) is 11.8 Å². The summed E-state index contributed by atoms with van der Waals surface area (Å²) in [7, 11) is 0. The molecule has 2 N–H and O–H groups in total. The van der Waals surface area contributed by atoms with Gasteiger partial charge in [-0.05, 0) is 25.2 Å². The van der Waals surface area contributed by atoms with Crippen LogP contribution in [0.15, 0.2) is 12.7 Å². The fourth-order valence-electron chi connectivity index (χ4n) is 2.57. The zero-order chi connectivity index (χ0) is 11.1. The van der Waals surface area contributed by atoms with Crippen LogP contribution in [0.4, 0.5) is 5.82 Å². The molecule has 17 heavy (non-hydrogen) atoms. The third-order valence-electron chi connectivity index (χ3n) is 3.45. The summed E-state index contributed by atoms with van der Waals surface area (Å²) in [6, 6.07) is 0.522. The Kier molecular flexibility index (Phi) is 3.00. The molecule has 2 heterocycles. The highest BCUT2D eigenvalue weighted by Gasteiger charge is 2.24. The van der Waals surface area contributed by atoms with E-state index in [-0.39, 0.29) is 7.43 Å². The summed E-state index contributed by atoms with van der Waals surface area (Å²) in [6.07, 6.45) is 7.05. The van der Waals surface area contributed by atoms with E-state index in [2.05, 4.69) is 26.4 Å². The zero-order valence-electron chi connectivity index (χ0n) is 9.30. The number of fused-ring (bicyclic) bond motifs is 1. The molecule has 92 valence electrons. The van der Waals surface area contributed by atoms with Crippen LogP contribution in [0, 0.1) is 5.92 Å². The number of nitrogens with zero attached hydrogens (tertiary/aromatic N) is 4. The van der Waals surface area contributed by atoms with Gasteiger partial charge in [-0.1, -0.05) is 14.4 Å². The van der Waals surface area contributed by atoms with Crippen LogP contribution in [0.25, 0.3) is 11.2 Å². The van der Waals surface area contributed by atoms with Crippen LogP contribution in [0.3, 0.4) is 0 Å². The standard InChI is InChI=1S/C11H15N5.CH4/c1-7-2-3-8(4-7)16-6-15-9-10(12)13-5-14-11(9)16;/h5-8H,2-4H2,1H3,(H2,12,13,14);1H4. The lowest BCUT2D eigenvalue weighted by molar-refractivity contribution is 0.502. The first kappa shape index (κ1) is 11.8. The Morgan fingerprint density at radius 1 is 1.29 bits per heavy atom. The Morgan fingerprint density at radius 3 is 2.82 bits per heavy atom. The van der Waals surface area contributed by atoms with Crippen LogP contribution >= 0.6 is 0 Å². The molecule has 2 aromatic heterocycles. The molecular weight excluding hydrogens is 214 g/mol. The summed E-state index contributed by atoms with van der Waals surface area (Å²) in [5, 5.41) is 0. The highest BCUT2D eigenvalue weighted by Crippen LogP contribution is 2.35. The number of nitrogens with two attached hydrogens (primary N) is 1. The molecule has 2 unspecified atom stereocenters. The van der Waals surface area contributed by atoms with Crippen LogP contribution in [0.5, 0.6) is 0 Å². The van der Waals surface area contributed by atoms with E-state index in [9.17, 15) is 0 Å². The lowest BCUT2D eigenvalue weighted by Gasteiger charge is -2.11. The Balaban J connectivity index is 0.00000108. The molecular formula is C12H19N5. The first-order valence-corrected chi connectivity index (χ1v) is 5.68. The lowest BCUT2D eigenvalue weighted by atomic mass is 10.1. The van der Waals surface area contributed by atoms with Crippen molar-refractivity contribution in [3.8, 4) is 0 Å². The molecule has 0 aromatic carbocycles. The van der Waals surface area contributed by atoms with Crippen molar-refractivity contribution in [3.05, 3.63) is 12.7 Å². The van der Waals surface area contributed by atoms with Crippen molar-refractivity contribution >= 4 is 17.0 Å². The fourth-order valence-corrected chi connectivity index (χ4v) is 2.57. The molecule has 1 fully saturated rings. The average Bonchev–Trinajstić information content (AvgIpc) is 2.84. The number of hydrogen-bond acceptors (Lipinski definition) is 4. The van der Waals surface area contributed by atoms with Crippen molar-refractivity contribution in [2.24, 2.45) is 5.92 Å². The number of nitrogen functional groups attached to an aromatic ring is 1. The molecule has 2 aromatic rings. The minimum Gasteiger partial charge on any atom is -0.382 e. The van der Waals surface area contributed by atoms with Gasteiger partial charge >= 0.3 is 0 Å². The molecule has 0 spiro atoms. The van der Waals surface area contributed by atoms with Gasteiger partial charge < -0.3 is 10.3 Å². The summed E-state index contributed by atoms with van der Waals surface area (Å²) in [5.41, 5.74) is 7.36. The molecule has 5 heteroatoms. The van der Waals surface area contributed by atoms with Gasteiger partial charge in [0.2, 0.25) is 0 Å². The smallest absolute Gasteiger partial charge is 0.165 e. The van der Waals surface area contributed by atoms with Gasteiger partial charge in [0, 0.05) is 6.04 Å². The maximum absolute atomic E-state index is 5.77. The predicted molar refractivity (Wildman–Crippen MR) is 68.5 cm³/mol. The van der Waals surface area contributed by atoms with Crippen LogP contribution in [0.1, 0.15) is 39.7 Å². The van der Waals surface area contributed by atoms with Crippen LogP contribution in [-0.4, -0.2) is 19.5 Å². The second-order valence-corrected chi connectivity index (χ2v) is 4.66. The Labute approximate surface area is 101 Å². The topological polar surface area (TPSA) is 69.6 Å². The van der Waals surface area contributed by atoms with Gasteiger partial charge in [0.05, 0.1) is 6.33 Å². The van der Waals surface area contributed by atoms with Crippen LogP contribution in [0.2, 0.25) is 0 Å². The Hall–Kier alpha value is -1.65. The Bertz CT molecular complexity index is 519. The van der Waals surface area contributed by atoms with E-state index >= 15 is 0 Å². The summed E-state index contributed by atoms with van der Waals surface area (Å²) < 4.78 is 2.15. The number of imidazole rings is 1. The molecule has 0 aliphatic heterocycles. The van der Waals surface area contributed by atoms with Crippen LogP contribution < -0.4 is 5.73 Å². The maximum atomic E-state index is 5.77. The molecule has 3 rings (SSSR count). The van der Waals surface area contributed by atoms with Crippen molar-refractivity contribution in [2.45, 2.75) is 39.7 Å².